The Morgan fingerprint density at radius 2 is 1.96 bits per heavy atom. The number of hydrogen-bond donors (Lipinski definition) is 1. The first kappa shape index (κ1) is 19.3. The van der Waals surface area contributed by atoms with E-state index in [1.54, 1.807) is 6.92 Å². The van der Waals surface area contributed by atoms with Crippen LogP contribution >= 0.6 is 0 Å². The number of piperidine rings is 1. The topological polar surface area (TPSA) is 75.7 Å². The van der Waals surface area contributed by atoms with Crippen molar-refractivity contribution in [1.82, 2.24) is 9.62 Å². The second-order valence-corrected chi connectivity index (χ2v) is 9.35. The lowest BCUT2D eigenvalue weighted by molar-refractivity contribution is -0.128. The van der Waals surface area contributed by atoms with E-state index < -0.39 is 15.4 Å². The van der Waals surface area contributed by atoms with E-state index in [-0.39, 0.29) is 17.8 Å². The number of sulfonamides is 1. The molecule has 1 unspecified atom stereocenters. The van der Waals surface area contributed by atoms with E-state index in [4.69, 9.17) is 4.74 Å². The zero-order valence-corrected chi connectivity index (χ0v) is 16.1. The molecule has 1 amide bonds. The number of rotatable bonds is 6. The summed E-state index contributed by atoms with van der Waals surface area (Å²) in [6.07, 6.45) is 3.09. The summed E-state index contributed by atoms with van der Waals surface area (Å²) >= 11 is 0. The van der Waals surface area contributed by atoms with Gasteiger partial charge >= 0.3 is 0 Å². The summed E-state index contributed by atoms with van der Waals surface area (Å²) in [5.74, 6) is 0.0732. The van der Waals surface area contributed by atoms with E-state index in [0.29, 0.717) is 32.5 Å². The van der Waals surface area contributed by atoms with Crippen LogP contribution < -0.4 is 5.32 Å². The molecule has 0 radical (unpaired) electrons. The van der Waals surface area contributed by atoms with Gasteiger partial charge in [-0.2, -0.15) is 0 Å². The second-order valence-electron chi connectivity index (χ2n) is 7.09. The molecule has 3 rings (SSSR count). The Morgan fingerprint density at radius 1 is 1.27 bits per heavy atom. The van der Waals surface area contributed by atoms with Crippen LogP contribution in [0.15, 0.2) is 30.3 Å². The lowest BCUT2D eigenvalue weighted by Gasteiger charge is -2.40. The minimum Gasteiger partial charge on any atom is -0.376 e. The van der Waals surface area contributed by atoms with Crippen molar-refractivity contribution in [2.75, 3.05) is 32.0 Å². The first-order chi connectivity index (χ1) is 12.5. The van der Waals surface area contributed by atoms with Crippen molar-refractivity contribution >= 4 is 15.9 Å². The average Bonchev–Trinajstić information content (AvgIpc) is 3.20. The number of nitrogens with one attached hydrogen (secondary N) is 1. The highest BCUT2D eigenvalue weighted by atomic mass is 32.2. The Labute approximate surface area is 156 Å². The van der Waals surface area contributed by atoms with Crippen LogP contribution in [0.4, 0.5) is 0 Å². The Hall–Kier alpha value is -1.44. The number of carbonyl (C=O) groups is 1. The summed E-state index contributed by atoms with van der Waals surface area (Å²) in [7, 11) is -3.22. The summed E-state index contributed by atoms with van der Waals surface area (Å²) < 4.78 is 31.5. The Kier molecular flexibility index (Phi) is 5.99. The fourth-order valence-electron chi connectivity index (χ4n) is 3.91. The van der Waals surface area contributed by atoms with E-state index in [9.17, 15) is 13.2 Å². The minimum absolute atomic E-state index is 0.0206. The Bertz CT molecular complexity index is 706. The summed E-state index contributed by atoms with van der Waals surface area (Å²) in [5.41, 5.74) is 0.276. The smallest absolute Gasteiger partial charge is 0.230 e. The number of carbonyl (C=O) groups excluding carboxylic acids is 1. The molecule has 7 heteroatoms. The molecular formula is C19H28N2O4S. The molecule has 1 aromatic carbocycles. The maximum absolute atomic E-state index is 13.2. The van der Waals surface area contributed by atoms with Crippen molar-refractivity contribution < 1.29 is 17.9 Å². The van der Waals surface area contributed by atoms with Crippen LogP contribution in [-0.4, -0.2) is 56.7 Å². The average molecular weight is 381 g/mol. The molecule has 1 atom stereocenters. The van der Waals surface area contributed by atoms with Gasteiger partial charge < -0.3 is 10.1 Å². The molecule has 2 heterocycles. The van der Waals surface area contributed by atoms with Crippen molar-refractivity contribution in [2.45, 2.75) is 44.1 Å². The van der Waals surface area contributed by atoms with E-state index in [1.165, 1.54) is 4.31 Å². The minimum atomic E-state index is -3.22. The summed E-state index contributed by atoms with van der Waals surface area (Å²) in [5, 5.41) is 3.07. The first-order valence-electron chi connectivity index (χ1n) is 9.41. The van der Waals surface area contributed by atoms with Crippen molar-refractivity contribution in [1.29, 1.82) is 0 Å². The van der Waals surface area contributed by atoms with Crippen LogP contribution in [0.3, 0.4) is 0 Å². The number of ether oxygens (including phenoxy) is 1. The Balaban J connectivity index is 1.77. The van der Waals surface area contributed by atoms with Gasteiger partial charge in [0.05, 0.1) is 17.3 Å². The molecule has 2 fully saturated rings. The molecule has 26 heavy (non-hydrogen) atoms. The van der Waals surface area contributed by atoms with Gasteiger partial charge in [0.1, 0.15) is 0 Å². The fourth-order valence-corrected chi connectivity index (χ4v) is 5.02. The van der Waals surface area contributed by atoms with Gasteiger partial charge in [-0.3, -0.25) is 4.79 Å². The zero-order valence-electron chi connectivity index (χ0n) is 15.3. The molecule has 144 valence electrons. The maximum atomic E-state index is 13.2. The lowest BCUT2D eigenvalue weighted by atomic mass is 9.72. The van der Waals surface area contributed by atoms with E-state index in [0.717, 1.165) is 25.0 Å². The highest BCUT2D eigenvalue weighted by Crippen LogP contribution is 2.36. The Morgan fingerprint density at radius 3 is 2.54 bits per heavy atom. The number of benzene rings is 1. The molecule has 1 N–H and O–H groups in total. The molecule has 0 bridgehead atoms. The van der Waals surface area contributed by atoms with Crippen LogP contribution in [0, 0.1) is 0 Å². The summed E-state index contributed by atoms with van der Waals surface area (Å²) in [6.45, 7) is 3.68. The molecule has 0 spiro atoms. The van der Waals surface area contributed by atoms with Gasteiger partial charge in [0, 0.05) is 26.2 Å². The van der Waals surface area contributed by atoms with Crippen LogP contribution in [0.5, 0.6) is 0 Å². The maximum Gasteiger partial charge on any atom is 0.230 e. The molecular weight excluding hydrogens is 352 g/mol. The molecule has 2 aliphatic heterocycles. The fraction of sp³-hybridized carbons (Fsp3) is 0.632. The van der Waals surface area contributed by atoms with Crippen LogP contribution in [0.1, 0.15) is 38.2 Å². The van der Waals surface area contributed by atoms with Crippen LogP contribution in [0.2, 0.25) is 0 Å². The van der Waals surface area contributed by atoms with Crippen molar-refractivity contribution in [3.8, 4) is 0 Å². The van der Waals surface area contributed by atoms with E-state index >= 15 is 0 Å². The van der Waals surface area contributed by atoms with Gasteiger partial charge in [-0.1, -0.05) is 30.3 Å². The highest BCUT2D eigenvalue weighted by Gasteiger charge is 2.44. The first-order valence-corrected chi connectivity index (χ1v) is 11.0. The number of nitrogens with zero attached hydrogens (tertiary/aromatic N) is 1. The predicted octanol–water partition coefficient (Wildman–Crippen LogP) is 1.67. The number of hydrogen-bond acceptors (Lipinski definition) is 4. The molecule has 2 aliphatic rings. The van der Waals surface area contributed by atoms with E-state index in [2.05, 4.69) is 5.32 Å². The molecule has 0 saturated carbocycles. The normalized spacial score (nSPS) is 23.7. The molecule has 1 aromatic rings. The third-order valence-corrected chi connectivity index (χ3v) is 7.49. The molecule has 0 aliphatic carbocycles. The van der Waals surface area contributed by atoms with Gasteiger partial charge in [-0.05, 0) is 38.2 Å². The van der Waals surface area contributed by atoms with Gasteiger partial charge in [0.15, 0.2) is 0 Å². The lowest BCUT2D eigenvalue weighted by Crippen LogP contribution is -2.53. The monoisotopic (exact) mass is 380 g/mol. The van der Waals surface area contributed by atoms with Gasteiger partial charge in [0.25, 0.3) is 0 Å². The molecule has 0 aromatic heterocycles. The van der Waals surface area contributed by atoms with Crippen molar-refractivity contribution in [3.05, 3.63) is 35.9 Å². The van der Waals surface area contributed by atoms with Gasteiger partial charge in [-0.15, -0.1) is 0 Å². The summed E-state index contributed by atoms with van der Waals surface area (Å²) in [6, 6.07) is 9.72. The summed E-state index contributed by atoms with van der Waals surface area (Å²) in [4.78, 5) is 13.2. The molecule has 2 saturated heterocycles. The third kappa shape index (κ3) is 3.94. The van der Waals surface area contributed by atoms with Crippen LogP contribution in [-0.2, 0) is 25.0 Å². The zero-order chi connectivity index (χ0) is 18.6. The van der Waals surface area contributed by atoms with E-state index in [1.807, 2.05) is 30.3 Å². The SMILES string of the molecule is CCS(=O)(=O)N1CCC(C(=O)NCC2CCCO2)(c2ccccc2)CC1. The third-order valence-electron chi connectivity index (χ3n) is 5.61. The highest BCUT2D eigenvalue weighted by molar-refractivity contribution is 7.89. The quantitative estimate of drug-likeness (QED) is 0.814. The van der Waals surface area contributed by atoms with Gasteiger partial charge in [0.2, 0.25) is 15.9 Å². The second kappa shape index (κ2) is 8.06. The van der Waals surface area contributed by atoms with Crippen molar-refractivity contribution in [3.63, 3.8) is 0 Å². The van der Waals surface area contributed by atoms with Crippen LogP contribution in [0.25, 0.3) is 0 Å². The van der Waals surface area contributed by atoms with Gasteiger partial charge in [-0.25, -0.2) is 12.7 Å². The standard InChI is InChI=1S/C19H28N2O4S/c1-2-26(23,24)21-12-10-19(11-13-21,16-7-4-3-5-8-16)18(22)20-15-17-9-6-14-25-17/h3-5,7-8,17H,2,6,9-15H2,1H3,(H,20,22). The number of amides is 1. The largest absolute Gasteiger partial charge is 0.376 e. The molecule has 6 nitrogen and oxygen atoms in total. The van der Waals surface area contributed by atoms with Crippen molar-refractivity contribution in [2.24, 2.45) is 0 Å². The predicted molar refractivity (Wildman–Crippen MR) is 100 cm³/mol.